The second-order valence-corrected chi connectivity index (χ2v) is 6.19. The van der Waals surface area contributed by atoms with E-state index in [1.54, 1.807) is 18.5 Å². The van der Waals surface area contributed by atoms with Gasteiger partial charge in [0.2, 0.25) is 0 Å². The predicted molar refractivity (Wildman–Crippen MR) is 89.7 cm³/mol. The van der Waals surface area contributed by atoms with Gasteiger partial charge in [-0.3, -0.25) is 4.68 Å². The third kappa shape index (κ3) is 3.79. The molecule has 6 nitrogen and oxygen atoms in total. The lowest BCUT2D eigenvalue weighted by Crippen LogP contribution is -2.01. The number of thioether (sulfide) groups is 1. The highest BCUT2D eigenvalue weighted by Crippen LogP contribution is 2.17. The summed E-state index contributed by atoms with van der Waals surface area (Å²) in [5.74, 6) is 1.84. The van der Waals surface area contributed by atoms with Gasteiger partial charge in [0, 0.05) is 22.8 Å². The first-order valence-corrected chi connectivity index (χ1v) is 8.39. The van der Waals surface area contributed by atoms with Gasteiger partial charge in [-0.25, -0.2) is 4.98 Å². The molecule has 1 N–H and O–H groups in total. The molecule has 0 aliphatic carbocycles. The molecule has 0 saturated heterocycles. The van der Waals surface area contributed by atoms with Gasteiger partial charge in [-0.05, 0) is 19.1 Å². The van der Waals surface area contributed by atoms with E-state index in [-0.39, 0.29) is 0 Å². The Morgan fingerprint density at radius 1 is 1.30 bits per heavy atom. The zero-order chi connectivity index (χ0) is 16.1. The fraction of sp³-hybridized carbons (Fsp3) is 0.250. The summed E-state index contributed by atoms with van der Waals surface area (Å²) in [6.07, 6.45) is 3.66. The van der Waals surface area contributed by atoms with Crippen molar-refractivity contribution >= 4 is 11.8 Å². The second kappa shape index (κ2) is 7.11. The average molecular weight is 324 g/mol. The molecule has 3 rings (SSSR count). The molecule has 3 aromatic rings. The molecule has 7 heteroatoms. The molecule has 0 radical (unpaired) electrons. The van der Waals surface area contributed by atoms with E-state index < -0.39 is 0 Å². The highest BCUT2D eigenvalue weighted by atomic mass is 32.2. The number of benzene rings is 1. The maximum Gasteiger partial charge on any atom is 0.113 e. The summed E-state index contributed by atoms with van der Waals surface area (Å²) in [6, 6.07) is 9.47. The molecule has 2 heterocycles. The van der Waals surface area contributed by atoms with Crippen LogP contribution in [0.25, 0.3) is 11.3 Å². The van der Waals surface area contributed by atoms with Crippen LogP contribution in [0, 0.1) is 18.3 Å². The van der Waals surface area contributed by atoms with E-state index in [1.807, 2.05) is 41.7 Å². The number of aromatic amines is 1. The van der Waals surface area contributed by atoms with Crippen molar-refractivity contribution in [2.45, 2.75) is 19.2 Å². The van der Waals surface area contributed by atoms with Crippen LogP contribution in [-0.4, -0.2) is 30.7 Å². The van der Waals surface area contributed by atoms with Crippen molar-refractivity contribution in [3.05, 3.63) is 53.7 Å². The molecular formula is C16H16N6S. The van der Waals surface area contributed by atoms with Gasteiger partial charge in [0.25, 0.3) is 0 Å². The van der Waals surface area contributed by atoms with Crippen LogP contribution in [0.3, 0.4) is 0 Å². The number of hydrogen-bond donors (Lipinski definition) is 1. The van der Waals surface area contributed by atoms with Gasteiger partial charge < -0.3 is 4.98 Å². The molecule has 0 spiro atoms. The van der Waals surface area contributed by atoms with Gasteiger partial charge >= 0.3 is 0 Å². The summed E-state index contributed by atoms with van der Waals surface area (Å²) in [6.45, 7) is 2.83. The van der Waals surface area contributed by atoms with Crippen molar-refractivity contribution in [3.63, 3.8) is 0 Å². The Labute approximate surface area is 138 Å². The maximum absolute atomic E-state index is 8.82. The van der Waals surface area contributed by atoms with Crippen LogP contribution in [0.15, 0.2) is 36.8 Å². The van der Waals surface area contributed by atoms with E-state index >= 15 is 0 Å². The Balaban J connectivity index is 1.53. The Hall–Kier alpha value is -2.59. The monoisotopic (exact) mass is 324 g/mol. The molecular weight excluding hydrogens is 308 g/mol. The van der Waals surface area contributed by atoms with Gasteiger partial charge in [0.1, 0.15) is 5.69 Å². The first kappa shape index (κ1) is 15.3. The number of imidazole rings is 1. The number of nitrogens with zero attached hydrogens (tertiary/aromatic N) is 5. The van der Waals surface area contributed by atoms with Crippen LogP contribution in [0.2, 0.25) is 0 Å². The third-order valence-electron chi connectivity index (χ3n) is 3.49. The highest BCUT2D eigenvalue weighted by molar-refractivity contribution is 7.98. The van der Waals surface area contributed by atoms with E-state index in [2.05, 4.69) is 26.3 Å². The largest absolute Gasteiger partial charge is 0.348 e. The highest BCUT2D eigenvalue weighted by Gasteiger charge is 2.05. The van der Waals surface area contributed by atoms with Crippen LogP contribution in [0.5, 0.6) is 0 Å². The van der Waals surface area contributed by atoms with Crippen LogP contribution < -0.4 is 0 Å². The van der Waals surface area contributed by atoms with Gasteiger partial charge in [-0.15, -0.1) is 5.10 Å². The fourth-order valence-electron chi connectivity index (χ4n) is 2.12. The van der Waals surface area contributed by atoms with E-state index in [0.29, 0.717) is 5.56 Å². The number of H-pyrrole nitrogens is 1. The standard InChI is InChI=1S/C16H16N6S/c1-12-16(19-11-18-12)10-23-7-6-22-9-15(20-21-22)14-4-2-13(8-17)3-5-14/h2-5,9,11H,6-7,10H2,1H3,(H,18,19). The summed E-state index contributed by atoms with van der Waals surface area (Å²) in [5.41, 5.74) is 4.66. The quantitative estimate of drug-likeness (QED) is 0.705. The van der Waals surface area contributed by atoms with E-state index in [4.69, 9.17) is 5.26 Å². The van der Waals surface area contributed by atoms with Crippen molar-refractivity contribution in [2.75, 3.05) is 5.75 Å². The Kier molecular flexibility index (Phi) is 4.74. The van der Waals surface area contributed by atoms with Crippen molar-refractivity contribution in [2.24, 2.45) is 0 Å². The van der Waals surface area contributed by atoms with E-state index in [9.17, 15) is 0 Å². The van der Waals surface area contributed by atoms with Crippen LogP contribution in [0.1, 0.15) is 17.0 Å². The molecule has 0 unspecified atom stereocenters. The summed E-state index contributed by atoms with van der Waals surface area (Å²) in [4.78, 5) is 7.37. The maximum atomic E-state index is 8.82. The van der Waals surface area contributed by atoms with E-state index in [1.165, 1.54) is 0 Å². The number of nitriles is 1. The van der Waals surface area contributed by atoms with Crippen molar-refractivity contribution in [1.29, 1.82) is 5.26 Å². The van der Waals surface area contributed by atoms with Gasteiger partial charge in [0.05, 0.1) is 36.4 Å². The SMILES string of the molecule is Cc1[nH]cnc1CSCCn1cc(-c2ccc(C#N)cc2)nn1. The van der Waals surface area contributed by atoms with Gasteiger partial charge in [0.15, 0.2) is 0 Å². The minimum Gasteiger partial charge on any atom is -0.348 e. The topological polar surface area (TPSA) is 83.2 Å². The summed E-state index contributed by atoms with van der Waals surface area (Å²) < 4.78 is 1.85. The van der Waals surface area contributed by atoms with Gasteiger partial charge in [-0.1, -0.05) is 17.3 Å². The number of aromatic nitrogens is 5. The Morgan fingerprint density at radius 3 is 2.83 bits per heavy atom. The lowest BCUT2D eigenvalue weighted by atomic mass is 10.1. The number of nitrogens with one attached hydrogen (secondary N) is 1. The number of rotatable bonds is 6. The van der Waals surface area contributed by atoms with Crippen molar-refractivity contribution in [1.82, 2.24) is 25.0 Å². The fourth-order valence-corrected chi connectivity index (χ4v) is 3.06. The van der Waals surface area contributed by atoms with Crippen LogP contribution >= 0.6 is 11.8 Å². The normalized spacial score (nSPS) is 10.6. The minimum absolute atomic E-state index is 0.645. The molecule has 0 bridgehead atoms. The Morgan fingerprint density at radius 2 is 2.13 bits per heavy atom. The zero-order valence-corrected chi connectivity index (χ0v) is 13.5. The molecule has 0 fully saturated rings. The molecule has 0 atom stereocenters. The van der Waals surface area contributed by atoms with Crippen molar-refractivity contribution < 1.29 is 0 Å². The summed E-state index contributed by atoms with van der Waals surface area (Å²) in [5, 5.41) is 17.2. The lowest BCUT2D eigenvalue weighted by Gasteiger charge is -2.00. The molecule has 0 aliphatic rings. The molecule has 1 aromatic carbocycles. The molecule has 23 heavy (non-hydrogen) atoms. The Bertz CT molecular complexity index is 812. The third-order valence-corrected chi connectivity index (χ3v) is 4.44. The first-order valence-electron chi connectivity index (χ1n) is 7.23. The number of aryl methyl sites for hydroxylation is 2. The smallest absolute Gasteiger partial charge is 0.113 e. The molecule has 0 aliphatic heterocycles. The number of hydrogen-bond acceptors (Lipinski definition) is 5. The average Bonchev–Trinajstić information content (AvgIpc) is 3.21. The summed E-state index contributed by atoms with van der Waals surface area (Å²) >= 11 is 1.82. The minimum atomic E-state index is 0.645. The second-order valence-electron chi connectivity index (χ2n) is 5.08. The van der Waals surface area contributed by atoms with E-state index in [0.717, 1.165) is 40.7 Å². The molecule has 2 aromatic heterocycles. The van der Waals surface area contributed by atoms with Crippen molar-refractivity contribution in [3.8, 4) is 17.3 Å². The first-order chi connectivity index (χ1) is 11.3. The zero-order valence-electron chi connectivity index (χ0n) is 12.7. The lowest BCUT2D eigenvalue weighted by molar-refractivity contribution is 0.632. The van der Waals surface area contributed by atoms with Gasteiger partial charge in [-0.2, -0.15) is 17.0 Å². The molecule has 0 amide bonds. The predicted octanol–water partition coefficient (Wildman–Crippen LogP) is 2.78. The van der Waals surface area contributed by atoms with Crippen LogP contribution in [0.4, 0.5) is 0 Å². The molecule has 116 valence electrons. The summed E-state index contributed by atoms with van der Waals surface area (Å²) in [7, 11) is 0. The van der Waals surface area contributed by atoms with Crippen LogP contribution in [-0.2, 0) is 12.3 Å². The molecule has 0 saturated carbocycles.